The number of carbonyl (C=O) groups is 2. The number of esters is 1. The average Bonchev–Trinajstić information content (AvgIpc) is 2.86. The van der Waals surface area contributed by atoms with Gasteiger partial charge in [-0.05, 0) is 34.9 Å². The molecule has 0 unspecified atom stereocenters. The van der Waals surface area contributed by atoms with Gasteiger partial charge in [0.05, 0.1) is 20.3 Å². The van der Waals surface area contributed by atoms with Crippen LogP contribution in [0.4, 0.5) is 0 Å². The molecular weight excluding hydrogens is 432 g/mol. The van der Waals surface area contributed by atoms with Crippen molar-refractivity contribution < 1.29 is 23.8 Å². The Labute approximate surface area is 198 Å². The summed E-state index contributed by atoms with van der Waals surface area (Å²) in [6.45, 7) is 1.26. The van der Waals surface area contributed by atoms with Crippen LogP contribution in [0.15, 0.2) is 78.4 Å². The molecule has 0 fully saturated rings. The van der Waals surface area contributed by atoms with Crippen molar-refractivity contribution in [3.8, 4) is 23.3 Å². The third-order valence-corrected chi connectivity index (χ3v) is 4.95. The minimum Gasteiger partial charge on any atom is -0.493 e. The number of nitrogens with zero attached hydrogens (tertiary/aromatic N) is 1. The van der Waals surface area contributed by atoms with Crippen LogP contribution in [0.3, 0.4) is 0 Å². The Bertz CT molecular complexity index is 1170. The summed E-state index contributed by atoms with van der Waals surface area (Å²) in [6, 6.07) is 23.6. The van der Waals surface area contributed by atoms with Crippen LogP contribution in [0.5, 0.6) is 17.2 Å². The zero-order valence-electron chi connectivity index (χ0n) is 19.1. The highest BCUT2D eigenvalue weighted by Gasteiger charge is 2.20. The van der Waals surface area contributed by atoms with E-state index in [1.807, 2.05) is 66.7 Å². The van der Waals surface area contributed by atoms with Crippen LogP contribution >= 0.6 is 0 Å². The summed E-state index contributed by atoms with van der Waals surface area (Å²) in [4.78, 5) is 24.6. The van der Waals surface area contributed by atoms with Gasteiger partial charge in [0.2, 0.25) is 5.75 Å². The average molecular weight is 456 g/mol. The number of hydrogen-bond acceptors (Lipinski definition) is 6. The maximum Gasteiger partial charge on any atom is 0.308 e. The van der Waals surface area contributed by atoms with Gasteiger partial charge in [0.1, 0.15) is 11.6 Å². The van der Waals surface area contributed by atoms with Gasteiger partial charge in [-0.2, -0.15) is 5.26 Å². The van der Waals surface area contributed by atoms with Gasteiger partial charge >= 0.3 is 5.97 Å². The van der Waals surface area contributed by atoms with Crippen LogP contribution in [0.25, 0.3) is 6.08 Å². The number of benzene rings is 3. The largest absolute Gasteiger partial charge is 0.493 e. The SMILES string of the molecule is COc1cc(/C=C(\C#N)C(=O)NC(c2ccccc2)c2ccccc2)cc(OC)c1OC(C)=O. The molecule has 0 aliphatic heterocycles. The topological polar surface area (TPSA) is 97.7 Å². The quantitative estimate of drug-likeness (QED) is 0.233. The van der Waals surface area contributed by atoms with Crippen LogP contribution in [0.2, 0.25) is 0 Å². The second-order valence-electron chi connectivity index (χ2n) is 7.25. The summed E-state index contributed by atoms with van der Waals surface area (Å²) < 4.78 is 15.8. The van der Waals surface area contributed by atoms with Gasteiger partial charge in [-0.15, -0.1) is 0 Å². The van der Waals surface area contributed by atoms with Crippen LogP contribution in [0.1, 0.15) is 29.7 Å². The van der Waals surface area contributed by atoms with E-state index >= 15 is 0 Å². The van der Waals surface area contributed by atoms with E-state index in [2.05, 4.69) is 5.32 Å². The summed E-state index contributed by atoms with van der Waals surface area (Å²) >= 11 is 0. The lowest BCUT2D eigenvalue weighted by molar-refractivity contribution is -0.132. The molecule has 0 aromatic heterocycles. The molecule has 0 heterocycles. The number of ether oxygens (including phenoxy) is 3. The Hall–Kier alpha value is -4.57. The van der Waals surface area contributed by atoms with Crippen molar-refractivity contribution in [2.24, 2.45) is 0 Å². The van der Waals surface area contributed by atoms with E-state index in [1.54, 1.807) is 12.1 Å². The predicted molar refractivity (Wildman–Crippen MR) is 127 cm³/mol. The molecule has 7 heteroatoms. The second-order valence-corrected chi connectivity index (χ2v) is 7.25. The zero-order chi connectivity index (χ0) is 24.5. The van der Waals surface area contributed by atoms with Crippen molar-refractivity contribution in [2.75, 3.05) is 14.2 Å². The van der Waals surface area contributed by atoms with Crippen LogP contribution in [-0.4, -0.2) is 26.1 Å². The molecule has 3 aromatic carbocycles. The van der Waals surface area contributed by atoms with Crippen molar-refractivity contribution >= 4 is 18.0 Å². The van der Waals surface area contributed by atoms with E-state index in [0.717, 1.165) is 11.1 Å². The molecule has 1 N–H and O–H groups in total. The fourth-order valence-electron chi connectivity index (χ4n) is 3.40. The highest BCUT2D eigenvalue weighted by molar-refractivity contribution is 6.02. The molecule has 34 heavy (non-hydrogen) atoms. The molecule has 7 nitrogen and oxygen atoms in total. The van der Waals surface area contributed by atoms with Gasteiger partial charge in [-0.1, -0.05) is 60.7 Å². The number of hydrogen-bond donors (Lipinski definition) is 1. The number of rotatable bonds is 8. The number of nitriles is 1. The molecule has 0 bridgehead atoms. The van der Waals surface area contributed by atoms with Crippen molar-refractivity contribution in [1.82, 2.24) is 5.32 Å². The summed E-state index contributed by atoms with van der Waals surface area (Å²) in [5.74, 6) is -0.507. The number of carbonyl (C=O) groups excluding carboxylic acids is 2. The first-order valence-corrected chi connectivity index (χ1v) is 10.4. The highest BCUT2D eigenvalue weighted by atomic mass is 16.6. The van der Waals surface area contributed by atoms with Gasteiger partial charge in [-0.25, -0.2) is 0 Å². The van der Waals surface area contributed by atoms with Gasteiger partial charge in [0, 0.05) is 6.92 Å². The minimum absolute atomic E-state index is 0.110. The highest BCUT2D eigenvalue weighted by Crippen LogP contribution is 2.39. The third kappa shape index (κ3) is 5.81. The van der Waals surface area contributed by atoms with Crippen molar-refractivity contribution in [2.45, 2.75) is 13.0 Å². The van der Waals surface area contributed by atoms with Gasteiger partial charge in [-0.3, -0.25) is 9.59 Å². The Morgan fingerprint density at radius 1 is 0.912 bits per heavy atom. The molecule has 172 valence electrons. The number of nitrogens with one attached hydrogen (secondary N) is 1. The summed E-state index contributed by atoms with van der Waals surface area (Å²) in [7, 11) is 2.83. The van der Waals surface area contributed by atoms with Gasteiger partial charge < -0.3 is 19.5 Å². The fourth-order valence-corrected chi connectivity index (χ4v) is 3.40. The van der Waals surface area contributed by atoms with E-state index in [9.17, 15) is 14.9 Å². The molecule has 0 saturated carbocycles. The van der Waals surface area contributed by atoms with Crippen molar-refractivity contribution in [1.29, 1.82) is 5.26 Å². The maximum atomic E-state index is 13.1. The molecule has 0 radical (unpaired) electrons. The van der Waals surface area contributed by atoms with Crippen LogP contribution in [0, 0.1) is 11.3 Å². The fraction of sp³-hybridized carbons (Fsp3) is 0.148. The minimum atomic E-state index is -0.540. The molecule has 0 spiro atoms. The maximum absolute atomic E-state index is 13.1. The lowest BCUT2D eigenvalue weighted by Gasteiger charge is -2.19. The molecular formula is C27H24N2O5. The molecule has 0 aliphatic rings. The molecule has 0 aliphatic carbocycles. The van der Waals surface area contributed by atoms with Gasteiger partial charge in [0.25, 0.3) is 5.91 Å². The lowest BCUT2D eigenvalue weighted by atomic mass is 9.98. The van der Waals surface area contributed by atoms with E-state index in [0.29, 0.717) is 5.56 Å². The zero-order valence-corrected chi connectivity index (χ0v) is 19.1. The monoisotopic (exact) mass is 456 g/mol. The predicted octanol–water partition coefficient (Wildman–Crippen LogP) is 4.44. The molecule has 0 saturated heterocycles. The Morgan fingerprint density at radius 3 is 1.82 bits per heavy atom. The van der Waals surface area contributed by atoms with Crippen molar-refractivity contribution in [3.63, 3.8) is 0 Å². The Morgan fingerprint density at radius 2 is 1.41 bits per heavy atom. The molecule has 1 amide bonds. The lowest BCUT2D eigenvalue weighted by Crippen LogP contribution is -2.30. The standard InChI is InChI=1S/C27H24N2O5/c1-18(30)34-26-23(32-2)15-19(16-24(26)33-3)14-22(17-28)27(31)29-25(20-10-6-4-7-11-20)21-12-8-5-9-13-21/h4-16,25H,1-3H3,(H,29,31)/b22-14+. The van der Waals surface area contributed by atoms with E-state index in [1.165, 1.54) is 27.2 Å². The molecule has 0 atom stereocenters. The Balaban J connectivity index is 1.96. The Kier molecular flexibility index (Phi) is 8.03. The van der Waals surface area contributed by atoms with Gasteiger partial charge in [0.15, 0.2) is 11.5 Å². The van der Waals surface area contributed by atoms with Crippen LogP contribution < -0.4 is 19.5 Å². The molecule has 3 rings (SSSR count). The number of methoxy groups -OCH3 is 2. The summed E-state index contributed by atoms with van der Waals surface area (Å²) in [5, 5.41) is 12.7. The number of amides is 1. The van der Waals surface area contributed by atoms with E-state index < -0.39 is 17.9 Å². The summed E-state index contributed by atoms with van der Waals surface area (Å²) in [5.41, 5.74) is 2.12. The summed E-state index contributed by atoms with van der Waals surface area (Å²) in [6.07, 6.45) is 1.42. The third-order valence-electron chi connectivity index (χ3n) is 4.95. The van der Waals surface area contributed by atoms with E-state index in [4.69, 9.17) is 14.2 Å². The first-order chi connectivity index (χ1) is 16.5. The van der Waals surface area contributed by atoms with Crippen molar-refractivity contribution in [3.05, 3.63) is 95.1 Å². The van der Waals surface area contributed by atoms with E-state index in [-0.39, 0.29) is 22.8 Å². The smallest absolute Gasteiger partial charge is 0.308 e. The second kappa shape index (κ2) is 11.3. The first kappa shape index (κ1) is 24.1. The normalized spacial score (nSPS) is 10.9. The van der Waals surface area contributed by atoms with Crippen LogP contribution in [-0.2, 0) is 9.59 Å². The molecule has 3 aromatic rings. The first-order valence-electron chi connectivity index (χ1n) is 10.4.